The molecule has 2 aromatic carbocycles. The van der Waals surface area contributed by atoms with E-state index in [4.69, 9.17) is 5.73 Å². The van der Waals surface area contributed by atoms with Crippen molar-refractivity contribution in [3.05, 3.63) is 63.2 Å². The number of amides is 1. The molecule has 0 heterocycles. The minimum absolute atomic E-state index is 0.396. The number of nitrogens with two attached hydrogens (primary N) is 1. The summed E-state index contributed by atoms with van der Waals surface area (Å²) in [6, 6.07) is 15.5. The monoisotopic (exact) mass is 352 g/mol. The van der Waals surface area contributed by atoms with Crippen LogP contribution in [0.3, 0.4) is 0 Å². The van der Waals surface area contributed by atoms with E-state index in [9.17, 15) is 4.79 Å². The molecule has 0 atom stereocenters. The molecule has 0 spiro atoms. The molecule has 3 nitrogen and oxygen atoms in total. The van der Waals surface area contributed by atoms with E-state index < -0.39 is 5.91 Å². The highest BCUT2D eigenvalue weighted by Crippen LogP contribution is 2.12. The van der Waals surface area contributed by atoms with Crippen LogP contribution in [-0.4, -0.2) is 5.91 Å². The van der Waals surface area contributed by atoms with Crippen molar-refractivity contribution < 1.29 is 4.79 Å². The number of primary amides is 1. The Bertz CT molecular complexity index is 535. The summed E-state index contributed by atoms with van der Waals surface area (Å²) in [4.78, 5) is 10.9. The molecule has 0 aliphatic heterocycles. The Morgan fingerprint density at radius 1 is 1.06 bits per heavy atom. The van der Waals surface area contributed by atoms with Gasteiger partial charge in [-0.15, -0.1) is 0 Å². The lowest BCUT2D eigenvalue weighted by Gasteiger charge is -2.07. The van der Waals surface area contributed by atoms with Crippen LogP contribution in [0.1, 0.15) is 15.9 Å². The fourth-order valence-electron chi connectivity index (χ4n) is 1.56. The van der Waals surface area contributed by atoms with E-state index in [0.717, 1.165) is 17.8 Å². The van der Waals surface area contributed by atoms with Gasteiger partial charge in [0.05, 0.1) is 0 Å². The van der Waals surface area contributed by atoms with Crippen molar-refractivity contribution in [3.8, 4) is 0 Å². The predicted octanol–water partition coefficient (Wildman–Crippen LogP) is 3.00. The van der Waals surface area contributed by atoms with Crippen molar-refractivity contribution in [2.75, 3.05) is 5.32 Å². The summed E-state index contributed by atoms with van der Waals surface area (Å²) in [5.41, 5.74) is 7.91. The van der Waals surface area contributed by atoms with Crippen LogP contribution >= 0.6 is 22.6 Å². The number of hydrogen-bond donors (Lipinski definition) is 2. The topological polar surface area (TPSA) is 55.1 Å². The maximum absolute atomic E-state index is 10.9. The molecule has 0 aromatic heterocycles. The van der Waals surface area contributed by atoms with E-state index in [-0.39, 0.29) is 0 Å². The normalized spacial score (nSPS) is 10.1. The molecular weight excluding hydrogens is 339 g/mol. The van der Waals surface area contributed by atoms with Crippen LogP contribution in [0, 0.1) is 3.57 Å². The molecule has 0 bridgehead atoms. The summed E-state index contributed by atoms with van der Waals surface area (Å²) in [6.07, 6.45) is 0. The second kappa shape index (κ2) is 5.86. The molecule has 92 valence electrons. The van der Waals surface area contributed by atoms with Crippen LogP contribution in [0.2, 0.25) is 0 Å². The highest BCUT2D eigenvalue weighted by molar-refractivity contribution is 14.1. The zero-order chi connectivity index (χ0) is 13.0. The lowest BCUT2D eigenvalue weighted by atomic mass is 10.1. The van der Waals surface area contributed by atoms with Crippen molar-refractivity contribution >= 4 is 34.2 Å². The molecule has 18 heavy (non-hydrogen) atoms. The van der Waals surface area contributed by atoms with Gasteiger partial charge in [0.1, 0.15) is 0 Å². The molecule has 4 heteroatoms. The third-order valence-corrected chi connectivity index (χ3v) is 3.30. The molecule has 2 rings (SSSR count). The lowest BCUT2D eigenvalue weighted by molar-refractivity contribution is 0.100. The van der Waals surface area contributed by atoms with Gasteiger partial charge in [-0.25, -0.2) is 0 Å². The first-order valence-corrected chi connectivity index (χ1v) is 6.61. The summed E-state index contributed by atoms with van der Waals surface area (Å²) in [7, 11) is 0. The Hall–Kier alpha value is -1.56. The van der Waals surface area contributed by atoms with Crippen molar-refractivity contribution in [2.45, 2.75) is 6.54 Å². The Kier molecular flexibility index (Phi) is 4.19. The van der Waals surface area contributed by atoms with Gasteiger partial charge in [-0.05, 0) is 64.6 Å². The average Bonchev–Trinajstić information content (AvgIpc) is 2.38. The van der Waals surface area contributed by atoms with E-state index in [2.05, 4.69) is 40.0 Å². The van der Waals surface area contributed by atoms with Gasteiger partial charge in [-0.3, -0.25) is 4.79 Å². The Balaban J connectivity index is 1.97. The van der Waals surface area contributed by atoms with E-state index in [1.165, 1.54) is 3.57 Å². The van der Waals surface area contributed by atoms with Crippen LogP contribution in [0.25, 0.3) is 0 Å². The van der Waals surface area contributed by atoms with Gasteiger partial charge in [-0.2, -0.15) is 0 Å². The molecule has 1 amide bonds. The number of anilines is 1. The maximum Gasteiger partial charge on any atom is 0.248 e. The lowest BCUT2D eigenvalue weighted by Crippen LogP contribution is -2.10. The van der Waals surface area contributed by atoms with Gasteiger partial charge in [-0.1, -0.05) is 12.1 Å². The number of carbonyl (C=O) groups is 1. The summed E-state index contributed by atoms with van der Waals surface area (Å²) < 4.78 is 1.21. The van der Waals surface area contributed by atoms with Gasteiger partial charge in [0, 0.05) is 21.4 Å². The highest BCUT2D eigenvalue weighted by atomic mass is 127. The maximum atomic E-state index is 10.9. The summed E-state index contributed by atoms with van der Waals surface area (Å²) in [5.74, 6) is -0.396. The SMILES string of the molecule is NC(=O)c1ccc(CNc2ccc(I)cc2)cc1. The average molecular weight is 352 g/mol. The number of carbonyl (C=O) groups excluding carboxylic acids is 1. The number of hydrogen-bond acceptors (Lipinski definition) is 2. The molecule has 0 aliphatic carbocycles. The second-order valence-electron chi connectivity index (χ2n) is 3.92. The molecule has 3 N–H and O–H groups in total. The number of halogens is 1. The van der Waals surface area contributed by atoms with E-state index in [1.807, 2.05) is 24.3 Å². The van der Waals surface area contributed by atoms with Crippen LogP contribution < -0.4 is 11.1 Å². The first-order chi connectivity index (χ1) is 8.65. The van der Waals surface area contributed by atoms with Crippen molar-refractivity contribution in [3.63, 3.8) is 0 Å². The minimum atomic E-state index is -0.396. The molecule has 0 saturated carbocycles. The van der Waals surface area contributed by atoms with Crippen LogP contribution in [0.5, 0.6) is 0 Å². The van der Waals surface area contributed by atoms with Gasteiger partial charge < -0.3 is 11.1 Å². The Morgan fingerprint density at radius 2 is 1.67 bits per heavy atom. The minimum Gasteiger partial charge on any atom is -0.381 e. The zero-order valence-electron chi connectivity index (χ0n) is 9.69. The first-order valence-electron chi connectivity index (χ1n) is 5.53. The van der Waals surface area contributed by atoms with Gasteiger partial charge in [0.25, 0.3) is 0 Å². The van der Waals surface area contributed by atoms with Gasteiger partial charge in [0.15, 0.2) is 0 Å². The van der Waals surface area contributed by atoms with Crippen molar-refractivity contribution in [1.82, 2.24) is 0 Å². The third-order valence-electron chi connectivity index (χ3n) is 2.58. The Morgan fingerprint density at radius 3 is 2.22 bits per heavy atom. The van der Waals surface area contributed by atoms with Crippen LogP contribution in [-0.2, 0) is 6.54 Å². The standard InChI is InChI=1S/C14H13IN2O/c15-12-5-7-13(8-6-12)17-9-10-1-3-11(4-2-10)14(16)18/h1-8,17H,9H2,(H2,16,18). The van der Waals surface area contributed by atoms with Gasteiger partial charge >= 0.3 is 0 Å². The molecule has 0 aliphatic rings. The molecule has 2 aromatic rings. The zero-order valence-corrected chi connectivity index (χ0v) is 11.8. The molecule has 0 fully saturated rings. The number of benzene rings is 2. The quantitative estimate of drug-likeness (QED) is 0.832. The smallest absolute Gasteiger partial charge is 0.248 e. The summed E-state index contributed by atoms with van der Waals surface area (Å²) in [5, 5.41) is 3.32. The fourth-order valence-corrected chi connectivity index (χ4v) is 1.92. The molecule has 0 radical (unpaired) electrons. The highest BCUT2D eigenvalue weighted by Gasteiger charge is 1.99. The van der Waals surface area contributed by atoms with Crippen LogP contribution in [0.4, 0.5) is 5.69 Å². The number of rotatable bonds is 4. The molecule has 0 saturated heterocycles. The van der Waals surface area contributed by atoms with Crippen molar-refractivity contribution in [1.29, 1.82) is 0 Å². The largest absolute Gasteiger partial charge is 0.381 e. The summed E-state index contributed by atoms with van der Waals surface area (Å²) in [6.45, 7) is 0.722. The summed E-state index contributed by atoms with van der Waals surface area (Å²) >= 11 is 2.27. The van der Waals surface area contributed by atoms with E-state index >= 15 is 0 Å². The molecular formula is C14H13IN2O. The second-order valence-corrected chi connectivity index (χ2v) is 5.17. The van der Waals surface area contributed by atoms with Crippen LogP contribution in [0.15, 0.2) is 48.5 Å². The van der Waals surface area contributed by atoms with E-state index in [0.29, 0.717) is 5.56 Å². The van der Waals surface area contributed by atoms with E-state index in [1.54, 1.807) is 12.1 Å². The number of nitrogens with one attached hydrogen (secondary N) is 1. The molecule has 0 unspecified atom stereocenters. The van der Waals surface area contributed by atoms with Gasteiger partial charge in [0.2, 0.25) is 5.91 Å². The first kappa shape index (κ1) is 12.9. The Labute approximate surface area is 120 Å². The predicted molar refractivity (Wildman–Crippen MR) is 81.4 cm³/mol. The third kappa shape index (κ3) is 3.46. The van der Waals surface area contributed by atoms with Crippen molar-refractivity contribution in [2.24, 2.45) is 5.73 Å². The fraction of sp³-hybridized carbons (Fsp3) is 0.0714.